The maximum absolute atomic E-state index is 14.5. The van der Waals surface area contributed by atoms with Crippen LogP contribution in [0.1, 0.15) is 101 Å². The Hall–Kier alpha value is -2.77. The number of carbonyl (C=O) groups is 3. The molecule has 0 bridgehead atoms. The van der Waals surface area contributed by atoms with Crippen LogP contribution in [0.15, 0.2) is 12.1 Å². The number of carbonyl (C=O) groups excluding carboxylic acids is 3. The molecule has 0 aromatic heterocycles. The van der Waals surface area contributed by atoms with E-state index >= 15 is 0 Å². The summed E-state index contributed by atoms with van der Waals surface area (Å²) >= 11 is 0. The van der Waals surface area contributed by atoms with Gasteiger partial charge in [-0.05, 0) is 80.9 Å². The zero-order valence-electron chi connectivity index (χ0n) is 24.0. The lowest BCUT2D eigenvalue weighted by Gasteiger charge is -2.40. The highest BCUT2D eigenvalue weighted by atomic mass is 16.5. The minimum absolute atomic E-state index is 0.00154. The van der Waals surface area contributed by atoms with E-state index in [0.717, 1.165) is 81.8 Å². The number of nitrogens with one attached hydrogen (secondary N) is 1. The second-order valence-electron chi connectivity index (χ2n) is 11.8. The van der Waals surface area contributed by atoms with Crippen LogP contribution in [-0.2, 0) is 14.4 Å². The Balaban J connectivity index is 1.62. The normalized spacial score (nSPS) is 22.5. The molecular weight excluding hydrogens is 494 g/mol. The molecule has 1 saturated heterocycles. The van der Waals surface area contributed by atoms with Gasteiger partial charge in [0.15, 0.2) is 11.5 Å². The summed E-state index contributed by atoms with van der Waals surface area (Å²) < 4.78 is 11.2. The lowest BCUT2D eigenvalue weighted by molar-refractivity contribution is -0.145. The van der Waals surface area contributed by atoms with Crippen molar-refractivity contribution in [1.82, 2.24) is 10.2 Å². The molecular formula is C31H47N3O5. The van der Waals surface area contributed by atoms with E-state index in [4.69, 9.17) is 15.2 Å². The van der Waals surface area contributed by atoms with Gasteiger partial charge in [0.2, 0.25) is 17.7 Å². The van der Waals surface area contributed by atoms with E-state index in [2.05, 4.69) is 5.32 Å². The summed E-state index contributed by atoms with van der Waals surface area (Å²) in [5.74, 6) is 0.474. The molecule has 1 aromatic carbocycles. The van der Waals surface area contributed by atoms with Crippen LogP contribution < -0.4 is 20.5 Å². The third-order valence-corrected chi connectivity index (χ3v) is 9.25. The number of ether oxygens (including phenoxy) is 2. The highest BCUT2D eigenvalue weighted by molar-refractivity contribution is 5.93. The number of likely N-dealkylation sites (tertiary alicyclic amines) is 1. The molecule has 3 amide bonds. The number of hydrogen-bond donors (Lipinski definition) is 2. The predicted octanol–water partition coefficient (Wildman–Crippen LogP) is 4.61. The van der Waals surface area contributed by atoms with Gasteiger partial charge in [0.1, 0.15) is 12.1 Å². The number of benzene rings is 1. The molecule has 3 fully saturated rings. The number of methoxy groups -OCH3 is 2. The van der Waals surface area contributed by atoms with E-state index in [1.807, 2.05) is 19.1 Å². The summed E-state index contributed by atoms with van der Waals surface area (Å²) in [5, 5.41) is 3.00. The first-order valence-electron chi connectivity index (χ1n) is 15.0. The van der Waals surface area contributed by atoms with Crippen LogP contribution in [0.5, 0.6) is 11.5 Å². The lowest BCUT2D eigenvalue weighted by Crippen LogP contribution is -2.58. The Morgan fingerprint density at radius 1 is 0.872 bits per heavy atom. The van der Waals surface area contributed by atoms with Crippen molar-refractivity contribution in [2.75, 3.05) is 20.8 Å². The minimum atomic E-state index is -0.681. The van der Waals surface area contributed by atoms with Gasteiger partial charge < -0.3 is 25.4 Å². The minimum Gasteiger partial charge on any atom is -0.493 e. The zero-order chi connectivity index (χ0) is 27.9. The molecule has 3 N–H and O–H groups in total. The third-order valence-electron chi connectivity index (χ3n) is 9.25. The van der Waals surface area contributed by atoms with Crippen molar-refractivity contribution in [3.05, 3.63) is 23.3 Å². The molecule has 8 nitrogen and oxygen atoms in total. The van der Waals surface area contributed by atoms with Gasteiger partial charge in [-0.2, -0.15) is 0 Å². The maximum Gasteiger partial charge on any atom is 0.243 e. The zero-order valence-corrected chi connectivity index (χ0v) is 24.0. The fourth-order valence-electron chi connectivity index (χ4n) is 7.23. The number of hydrogen-bond acceptors (Lipinski definition) is 5. The molecule has 39 heavy (non-hydrogen) atoms. The Bertz CT molecular complexity index is 1020. The number of nitrogens with zero attached hydrogens (tertiary/aromatic N) is 1. The summed E-state index contributed by atoms with van der Waals surface area (Å²) in [5.41, 5.74) is 7.61. The summed E-state index contributed by atoms with van der Waals surface area (Å²) in [6.45, 7) is 2.51. The van der Waals surface area contributed by atoms with E-state index in [9.17, 15) is 14.4 Å². The first-order valence-corrected chi connectivity index (χ1v) is 15.0. The van der Waals surface area contributed by atoms with Crippen LogP contribution in [0, 0.1) is 18.8 Å². The molecule has 8 heteroatoms. The highest BCUT2D eigenvalue weighted by Crippen LogP contribution is 2.42. The van der Waals surface area contributed by atoms with Crippen molar-refractivity contribution in [2.45, 2.75) is 108 Å². The van der Waals surface area contributed by atoms with Gasteiger partial charge in [-0.25, -0.2) is 0 Å². The quantitative estimate of drug-likeness (QED) is 0.474. The Labute approximate surface area is 233 Å². The van der Waals surface area contributed by atoms with Crippen molar-refractivity contribution >= 4 is 17.7 Å². The monoisotopic (exact) mass is 541 g/mol. The molecule has 0 spiro atoms. The van der Waals surface area contributed by atoms with Crippen LogP contribution in [-0.4, -0.2) is 55.5 Å². The molecule has 2 saturated carbocycles. The standard InChI is InChI=1S/C31H47N3O5/c1-20-18-23(19-25(38-2)28(20)39-3)26(21-12-6-4-7-13-21)31(37)34-17-11-10-16-24(34)30(36)33-27(29(32)35)22-14-8-5-9-15-22/h18-19,21-22,24,26-27H,4-17H2,1-3H3,(H2,32,35)(H,33,36)/t24-,26-,27-/m0/s1. The lowest BCUT2D eigenvalue weighted by atomic mass is 9.75. The third kappa shape index (κ3) is 6.69. The smallest absolute Gasteiger partial charge is 0.243 e. The van der Waals surface area contributed by atoms with Crippen LogP contribution in [0.2, 0.25) is 0 Å². The number of rotatable bonds is 9. The van der Waals surface area contributed by atoms with Gasteiger partial charge in [-0.15, -0.1) is 0 Å². The number of nitrogens with two attached hydrogens (primary N) is 1. The van der Waals surface area contributed by atoms with Crippen LogP contribution >= 0.6 is 0 Å². The van der Waals surface area contributed by atoms with Crippen molar-refractivity contribution in [3.63, 3.8) is 0 Å². The van der Waals surface area contributed by atoms with E-state index in [1.165, 1.54) is 6.42 Å². The van der Waals surface area contributed by atoms with Crippen molar-refractivity contribution in [2.24, 2.45) is 17.6 Å². The molecule has 0 unspecified atom stereocenters. The predicted molar refractivity (Wildman–Crippen MR) is 151 cm³/mol. The Morgan fingerprint density at radius 2 is 1.49 bits per heavy atom. The SMILES string of the molecule is COc1cc([C@@H](C(=O)N2CCCC[C@H]2C(=O)N[C@H](C(N)=O)C2CCCCC2)C2CCCCC2)cc(C)c1OC. The second-order valence-corrected chi connectivity index (χ2v) is 11.8. The number of piperidine rings is 1. The van der Waals surface area contributed by atoms with Gasteiger partial charge in [-0.1, -0.05) is 44.6 Å². The summed E-state index contributed by atoms with van der Waals surface area (Å²) in [6.07, 6.45) is 12.7. The van der Waals surface area contributed by atoms with Crippen LogP contribution in [0.3, 0.4) is 0 Å². The molecule has 4 rings (SSSR count). The van der Waals surface area contributed by atoms with Crippen LogP contribution in [0.4, 0.5) is 0 Å². The summed E-state index contributed by atoms with van der Waals surface area (Å²) in [6, 6.07) is 2.71. The highest BCUT2D eigenvalue weighted by Gasteiger charge is 2.41. The fraction of sp³-hybridized carbons (Fsp3) is 0.710. The van der Waals surface area contributed by atoms with E-state index < -0.39 is 18.0 Å². The first kappa shape index (κ1) is 29.2. The van der Waals surface area contributed by atoms with Crippen molar-refractivity contribution in [3.8, 4) is 11.5 Å². The average Bonchev–Trinajstić information content (AvgIpc) is 2.96. The van der Waals surface area contributed by atoms with Crippen molar-refractivity contribution < 1.29 is 23.9 Å². The molecule has 1 aliphatic heterocycles. The largest absolute Gasteiger partial charge is 0.493 e. The molecule has 2 aliphatic carbocycles. The number of aryl methyl sites for hydroxylation is 1. The van der Waals surface area contributed by atoms with Gasteiger partial charge in [0.25, 0.3) is 0 Å². The molecule has 1 heterocycles. The first-order chi connectivity index (χ1) is 18.8. The van der Waals surface area contributed by atoms with Gasteiger partial charge >= 0.3 is 0 Å². The molecule has 216 valence electrons. The topological polar surface area (TPSA) is 111 Å². The Morgan fingerprint density at radius 3 is 2.08 bits per heavy atom. The summed E-state index contributed by atoms with van der Waals surface area (Å²) in [4.78, 5) is 42.4. The van der Waals surface area contributed by atoms with Crippen LogP contribution in [0.25, 0.3) is 0 Å². The van der Waals surface area contributed by atoms with Crippen molar-refractivity contribution in [1.29, 1.82) is 0 Å². The number of amides is 3. The van der Waals surface area contributed by atoms with E-state index in [-0.39, 0.29) is 29.6 Å². The number of primary amides is 1. The van der Waals surface area contributed by atoms with E-state index in [0.29, 0.717) is 24.5 Å². The summed E-state index contributed by atoms with van der Waals surface area (Å²) in [7, 11) is 3.24. The maximum atomic E-state index is 14.5. The molecule has 1 aromatic rings. The fourth-order valence-corrected chi connectivity index (χ4v) is 7.23. The average molecular weight is 542 g/mol. The van der Waals surface area contributed by atoms with Gasteiger partial charge in [-0.3, -0.25) is 14.4 Å². The molecule has 3 aliphatic rings. The second kappa shape index (κ2) is 13.5. The molecule has 3 atom stereocenters. The van der Waals surface area contributed by atoms with E-state index in [1.54, 1.807) is 19.1 Å². The van der Waals surface area contributed by atoms with Gasteiger partial charge in [0, 0.05) is 6.54 Å². The molecule has 0 radical (unpaired) electrons. The Kier molecular flexibility index (Phi) is 10.1. The van der Waals surface area contributed by atoms with Gasteiger partial charge in [0.05, 0.1) is 20.1 Å².